The Bertz CT molecular complexity index is 328. The highest BCUT2D eigenvalue weighted by Gasteiger charge is 2.09. The van der Waals surface area contributed by atoms with Crippen molar-refractivity contribution in [3.05, 3.63) is 23.9 Å². The molecule has 15 heavy (non-hydrogen) atoms. The first-order chi connectivity index (χ1) is 7.29. The third kappa shape index (κ3) is 3.21. The summed E-state index contributed by atoms with van der Waals surface area (Å²) in [6, 6.07) is 3.45. The summed E-state index contributed by atoms with van der Waals surface area (Å²) in [6.07, 6.45) is 1.64. The molecule has 1 amide bonds. The molecule has 1 heterocycles. The molecule has 0 aliphatic heterocycles. The fourth-order valence-electron chi connectivity index (χ4n) is 1.15. The number of anilines is 1. The lowest BCUT2D eigenvalue weighted by atomic mass is 10.2. The molecule has 0 saturated heterocycles. The van der Waals surface area contributed by atoms with Gasteiger partial charge in [-0.3, -0.25) is 4.79 Å². The number of nitrogens with zero attached hydrogens (tertiary/aromatic N) is 1. The maximum Gasteiger partial charge on any atom is 0.255 e. The highest BCUT2D eigenvalue weighted by atomic mass is 16.5. The largest absolute Gasteiger partial charge is 0.383 e. The summed E-state index contributed by atoms with van der Waals surface area (Å²) in [6.45, 7) is 0.994. The van der Waals surface area contributed by atoms with Gasteiger partial charge in [-0.25, -0.2) is 4.98 Å². The van der Waals surface area contributed by atoms with Crippen LogP contribution in [0.15, 0.2) is 18.3 Å². The van der Waals surface area contributed by atoms with Crippen molar-refractivity contribution in [1.82, 2.24) is 10.3 Å². The molecule has 0 radical (unpaired) electrons. The SMILES string of the molecule is CNc1ncccc1C(=O)NCCOC. The Balaban J connectivity index is 2.64. The summed E-state index contributed by atoms with van der Waals surface area (Å²) < 4.78 is 4.84. The van der Waals surface area contributed by atoms with Gasteiger partial charge in [-0.15, -0.1) is 0 Å². The minimum atomic E-state index is -0.149. The third-order valence-electron chi connectivity index (χ3n) is 1.88. The fourth-order valence-corrected chi connectivity index (χ4v) is 1.15. The number of aromatic nitrogens is 1. The van der Waals surface area contributed by atoms with Gasteiger partial charge in [-0.1, -0.05) is 0 Å². The number of hydrogen-bond acceptors (Lipinski definition) is 4. The Kier molecular flexibility index (Phi) is 4.56. The van der Waals surface area contributed by atoms with Gasteiger partial charge in [0.15, 0.2) is 0 Å². The summed E-state index contributed by atoms with van der Waals surface area (Å²) >= 11 is 0. The molecule has 0 aliphatic carbocycles. The van der Waals surface area contributed by atoms with E-state index in [-0.39, 0.29) is 5.91 Å². The monoisotopic (exact) mass is 209 g/mol. The zero-order valence-corrected chi connectivity index (χ0v) is 8.91. The molecule has 82 valence electrons. The molecule has 0 fully saturated rings. The molecule has 1 rings (SSSR count). The third-order valence-corrected chi connectivity index (χ3v) is 1.88. The summed E-state index contributed by atoms with van der Waals surface area (Å²) in [5, 5.41) is 5.59. The lowest BCUT2D eigenvalue weighted by Crippen LogP contribution is -2.27. The van der Waals surface area contributed by atoms with Crippen molar-refractivity contribution in [3.8, 4) is 0 Å². The van der Waals surface area contributed by atoms with E-state index < -0.39 is 0 Å². The van der Waals surface area contributed by atoms with E-state index in [0.29, 0.717) is 24.5 Å². The number of rotatable bonds is 5. The first-order valence-electron chi connectivity index (χ1n) is 4.69. The maximum atomic E-state index is 11.7. The van der Waals surface area contributed by atoms with E-state index in [9.17, 15) is 4.79 Å². The summed E-state index contributed by atoms with van der Waals surface area (Å²) in [5.74, 6) is 0.428. The van der Waals surface area contributed by atoms with E-state index in [0.717, 1.165) is 0 Å². The number of hydrogen-bond donors (Lipinski definition) is 2. The van der Waals surface area contributed by atoms with Crippen LogP contribution in [0.4, 0.5) is 5.82 Å². The Morgan fingerprint density at radius 3 is 3.07 bits per heavy atom. The van der Waals surface area contributed by atoms with Crippen molar-refractivity contribution in [3.63, 3.8) is 0 Å². The number of amides is 1. The van der Waals surface area contributed by atoms with Crippen LogP contribution in [0.5, 0.6) is 0 Å². The van der Waals surface area contributed by atoms with Crippen molar-refractivity contribution in [2.24, 2.45) is 0 Å². The smallest absolute Gasteiger partial charge is 0.255 e. The highest BCUT2D eigenvalue weighted by Crippen LogP contribution is 2.09. The predicted molar refractivity (Wildman–Crippen MR) is 58.0 cm³/mol. The Morgan fingerprint density at radius 1 is 1.60 bits per heavy atom. The standard InChI is InChI=1S/C10H15N3O2/c1-11-9-8(4-3-5-12-9)10(14)13-6-7-15-2/h3-5H,6-7H2,1-2H3,(H,11,12)(H,13,14). The second-order valence-corrected chi connectivity index (χ2v) is 2.90. The Hall–Kier alpha value is -1.62. The van der Waals surface area contributed by atoms with Crippen LogP contribution in [-0.4, -0.2) is 38.2 Å². The number of carbonyl (C=O) groups is 1. The van der Waals surface area contributed by atoms with Crippen LogP contribution in [0, 0.1) is 0 Å². The van der Waals surface area contributed by atoms with E-state index in [1.807, 2.05) is 0 Å². The average Bonchev–Trinajstić information content (AvgIpc) is 2.29. The van der Waals surface area contributed by atoms with E-state index in [2.05, 4.69) is 15.6 Å². The van der Waals surface area contributed by atoms with Crippen LogP contribution in [0.1, 0.15) is 10.4 Å². The molecule has 5 nitrogen and oxygen atoms in total. The van der Waals surface area contributed by atoms with Gasteiger partial charge in [-0.2, -0.15) is 0 Å². The molecule has 0 spiro atoms. The van der Waals surface area contributed by atoms with Crippen LogP contribution < -0.4 is 10.6 Å². The summed E-state index contributed by atoms with van der Waals surface area (Å²) in [4.78, 5) is 15.7. The van der Waals surface area contributed by atoms with E-state index in [1.165, 1.54) is 0 Å². The highest BCUT2D eigenvalue weighted by molar-refractivity contribution is 5.98. The topological polar surface area (TPSA) is 63.2 Å². The first kappa shape index (κ1) is 11.5. The van der Waals surface area contributed by atoms with Gasteiger partial charge in [0, 0.05) is 26.9 Å². The van der Waals surface area contributed by atoms with Crippen LogP contribution >= 0.6 is 0 Å². The van der Waals surface area contributed by atoms with Crippen molar-refractivity contribution in [2.45, 2.75) is 0 Å². The maximum absolute atomic E-state index is 11.7. The van der Waals surface area contributed by atoms with Crippen LogP contribution in [0.2, 0.25) is 0 Å². The van der Waals surface area contributed by atoms with Crippen LogP contribution in [0.3, 0.4) is 0 Å². The first-order valence-corrected chi connectivity index (χ1v) is 4.69. The van der Waals surface area contributed by atoms with Gasteiger partial charge in [0.2, 0.25) is 0 Å². The average molecular weight is 209 g/mol. The summed E-state index contributed by atoms with van der Waals surface area (Å²) in [5.41, 5.74) is 0.538. The van der Waals surface area contributed by atoms with E-state index in [4.69, 9.17) is 4.74 Å². The zero-order chi connectivity index (χ0) is 11.1. The fraction of sp³-hybridized carbons (Fsp3) is 0.400. The van der Waals surface area contributed by atoms with Crippen molar-refractivity contribution < 1.29 is 9.53 Å². The van der Waals surface area contributed by atoms with Crippen molar-refractivity contribution in [2.75, 3.05) is 32.6 Å². The number of nitrogens with one attached hydrogen (secondary N) is 2. The van der Waals surface area contributed by atoms with Gasteiger partial charge >= 0.3 is 0 Å². The molecule has 0 atom stereocenters. The number of pyridine rings is 1. The number of methoxy groups -OCH3 is 1. The number of ether oxygens (including phenoxy) is 1. The molecule has 1 aromatic rings. The number of carbonyl (C=O) groups excluding carboxylic acids is 1. The summed E-state index contributed by atoms with van der Waals surface area (Å²) in [7, 11) is 3.32. The predicted octanol–water partition coefficient (Wildman–Crippen LogP) is 0.499. The normalized spacial score (nSPS) is 9.73. The van der Waals surface area contributed by atoms with Gasteiger partial charge in [0.1, 0.15) is 5.82 Å². The minimum Gasteiger partial charge on any atom is -0.383 e. The lowest BCUT2D eigenvalue weighted by molar-refractivity contribution is 0.0937. The Morgan fingerprint density at radius 2 is 2.40 bits per heavy atom. The van der Waals surface area contributed by atoms with E-state index in [1.54, 1.807) is 32.5 Å². The molecule has 0 aliphatic rings. The quantitative estimate of drug-likeness (QED) is 0.693. The molecular weight excluding hydrogens is 194 g/mol. The second kappa shape index (κ2) is 5.98. The van der Waals surface area contributed by atoms with Crippen LogP contribution in [-0.2, 0) is 4.74 Å². The van der Waals surface area contributed by atoms with Crippen molar-refractivity contribution >= 4 is 11.7 Å². The molecule has 0 unspecified atom stereocenters. The van der Waals surface area contributed by atoms with Gasteiger partial charge in [-0.05, 0) is 12.1 Å². The lowest BCUT2D eigenvalue weighted by Gasteiger charge is -2.07. The zero-order valence-electron chi connectivity index (χ0n) is 8.91. The van der Waals surface area contributed by atoms with Gasteiger partial charge in [0.25, 0.3) is 5.91 Å². The molecule has 1 aromatic heterocycles. The minimum absolute atomic E-state index is 0.149. The van der Waals surface area contributed by atoms with Gasteiger partial charge in [0.05, 0.1) is 12.2 Å². The molecule has 2 N–H and O–H groups in total. The molecule has 0 bridgehead atoms. The molecule has 0 saturated carbocycles. The van der Waals surface area contributed by atoms with Gasteiger partial charge < -0.3 is 15.4 Å². The van der Waals surface area contributed by atoms with Crippen molar-refractivity contribution in [1.29, 1.82) is 0 Å². The second-order valence-electron chi connectivity index (χ2n) is 2.90. The van der Waals surface area contributed by atoms with Crippen LogP contribution in [0.25, 0.3) is 0 Å². The van der Waals surface area contributed by atoms with E-state index >= 15 is 0 Å². The Labute approximate surface area is 88.9 Å². The molecule has 0 aromatic carbocycles. The molecular formula is C10H15N3O2. The molecule has 5 heteroatoms.